The lowest BCUT2D eigenvalue weighted by atomic mass is 9.87. The van der Waals surface area contributed by atoms with E-state index in [0.717, 1.165) is 36.3 Å². The molecule has 2 amide bonds. The number of halogens is 1. The number of likely N-dealkylation sites (tertiary alicyclic amines) is 1. The van der Waals surface area contributed by atoms with Gasteiger partial charge in [0.2, 0.25) is 5.91 Å². The molecule has 0 saturated carbocycles. The van der Waals surface area contributed by atoms with Gasteiger partial charge in [-0.2, -0.15) is 0 Å². The van der Waals surface area contributed by atoms with Gasteiger partial charge < -0.3 is 19.9 Å². The second kappa shape index (κ2) is 11.9. The zero-order chi connectivity index (χ0) is 25.7. The Labute approximate surface area is 213 Å². The molecule has 2 heterocycles. The second-order valence-corrected chi connectivity index (χ2v) is 10.1. The molecule has 2 aliphatic heterocycles. The van der Waals surface area contributed by atoms with Crippen LogP contribution in [0.2, 0.25) is 0 Å². The summed E-state index contributed by atoms with van der Waals surface area (Å²) < 4.78 is 20.4. The first-order chi connectivity index (χ1) is 17.4. The minimum absolute atomic E-state index is 0.0325. The van der Waals surface area contributed by atoms with Gasteiger partial charge in [0.25, 0.3) is 5.91 Å². The minimum atomic E-state index is -0.605. The van der Waals surface area contributed by atoms with Gasteiger partial charge in [0, 0.05) is 25.6 Å². The van der Waals surface area contributed by atoms with E-state index in [1.165, 1.54) is 25.0 Å². The highest BCUT2D eigenvalue weighted by atomic mass is 19.1. The van der Waals surface area contributed by atoms with Crippen LogP contribution >= 0.6 is 0 Å². The SMILES string of the molecule is CC[C@@H](Oc1ccc2c(c1)[C@H](c1cccc(F)c1)N(C(=O)C(C)C)CC2)C(=O)NCCN1CCCC1. The lowest BCUT2D eigenvalue weighted by Crippen LogP contribution is -2.43. The number of rotatable bonds is 9. The fraction of sp³-hybridized carbons (Fsp3) is 0.517. The molecule has 0 aromatic heterocycles. The summed E-state index contributed by atoms with van der Waals surface area (Å²) in [6, 6.07) is 11.9. The fourth-order valence-electron chi connectivity index (χ4n) is 5.22. The van der Waals surface area contributed by atoms with E-state index in [4.69, 9.17) is 4.74 Å². The highest BCUT2D eigenvalue weighted by Crippen LogP contribution is 2.38. The predicted molar refractivity (Wildman–Crippen MR) is 138 cm³/mol. The van der Waals surface area contributed by atoms with Gasteiger partial charge in [-0.15, -0.1) is 0 Å². The first kappa shape index (κ1) is 26.1. The highest BCUT2D eigenvalue weighted by Gasteiger charge is 2.34. The Hall–Kier alpha value is -2.93. The first-order valence-corrected chi connectivity index (χ1v) is 13.2. The van der Waals surface area contributed by atoms with Crippen LogP contribution in [0.5, 0.6) is 5.75 Å². The van der Waals surface area contributed by atoms with Crippen molar-refractivity contribution < 1.29 is 18.7 Å². The van der Waals surface area contributed by atoms with Gasteiger partial charge in [-0.25, -0.2) is 4.39 Å². The van der Waals surface area contributed by atoms with Crippen LogP contribution in [0.3, 0.4) is 0 Å². The maximum atomic E-state index is 14.2. The zero-order valence-electron chi connectivity index (χ0n) is 21.6. The Morgan fingerprint density at radius 1 is 1.11 bits per heavy atom. The van der Waals surface area contributed by atoms with Crippen molar-refractivity contribution in [3.8, 4) is 5.75 Å². The molecule has 2 aliphatic rings. The summed E-state index contributed by atoms with van der Waals surface area (Å²) in [4.78, 5) is 30.2. The molecule has 1 saturated heterocycles. The minimum Gasteiger partial charge on any atom is -0.481 e. The van der Waals surface area contributed by atoms with E-state index in [-0.39, 0.29) is 23.5 Å². The van der Waals surface area contributed by atoms with Crippen molar-refractivity contribution in [3.63, 3.8) is 0 Å². The molecule has 36 heavy (non-hydrogen) atoms. The molecule has 2 aromatic carbocycles. The molecule has 194 valence electrons. The van der Waals surface area contributed by atoms with Gasteiger partial charge in [0.05, 0.1) is 6.04 Å². The average Bonchev–Trinajstić information content (AvgIpc) is 3.39. The summed E-state index contributed by atoms with van der Waals surface area (Å²) >= 11 is 0. The van der Waals surface area contributed by atoms with Crippen molar-refractivity contribution in [1.29, 1.82) is 0 Å². The maximum Gasteiger partial charge on any atom is 0.261 e. The van der Waals surface area contributed by atoms with E-state index in [9.17, 15) is 14.0 Å². The lowest BCUT2D eigenvalue weighted by molar-refractivity contribution is -0.136. The van der Waals surface area contributed by atoms with Gasteiger partial charge in [-0.05, 0) is 79.7 Å². The number of carbonyl (C=O) groups excluding carboxylic acids is 2. The summed E-state index contributed by atoms with van der Waals surface area (Å²) in [5, 5.41) is 3.02. The van der Waals surface area contributed by atoms with E-state index < -0.39 is 12.1 Å². The Bertz CT molecular complexity index is 1070. The van der Waals surface area contributed by atoms with Crippen LogP contribution in [0.15, 0.2) is 42.5 Å². The van der Waals surface area contributed by atoms with Crippen LogP contribution in [-0.4, -0.2) is 60.4 Å². The molecule has 0 spiro atoms. The van der Waals surface area contributed by atoms with E-state index in [0.29, 0.717) is 31.7 Å². The van der Waals surface area contributed by atoms with Crippen molar-refractivity contribution >= 4 is 11.8 Å². The lowest BCUT2D eigenvalue weighted by Gasteiger charge is -2.39. The summed E-state index contributed by atoms with van der Waals surface area (Å²) in [5.41, 5.74) is 2.75. The Balaban J connectivity index is 1.54. The summed E-state index contributed by atoms with van der Waals surface area (Å²) in [5.74, 6) is -0.00955. The van der Waals surface area contributed by atoms with Crippen LogP contribution in [0, 0.1) is 11.7 Å². The first-order valence-electron chi connectivity index (χ1n) is 13.2. The number of carbonyl (C=O) groups is 2. The van der Waals surface area contributed by atoms with Gasteiger partial charge in [0.1, 0.15) is 11.6 Å². The number of hydrogen-bond acceptors (Lipinski definition) is 4. The predicted octanol–water partition coefficient (Wildman–Crippen LogP) is 4.33. The number of hydrogen-bond donors (Lipinski definition) is 1. The summed E-state index contributed by atoms with van der Waals surface area (Å²) in [6.07, 6.45) is 3.10. The topological polar surface area (TPSA) is 61.9 Å². The molecule has 1 fully saturated rings. The molecule has 2 aromatic rings. The summed E-state index contributed by atoms with van der Waals surface area (Å²) in [6.45, 7) is 9.93. The average molecular weight is 496 g/mol. The molecular weight excluding hydrogens is 457 g/mol. The van der Waals surface area contributed by atoms with Crippen LogP contribution in [0.4, 0.5) is 4.39 Å². The van der Waals surface area contributed by atoms with Crippen LogP contribution in [0.1, 0.15) is 62.8 Å². The molecule has 2 atom stereocenters. The van der Waals surface area contributed by atoms with Gasteiger partial charge >= 0.3 is 0 Å². The number of ether oxygens (including phenoxy) is 1. The Morgan fingerprint density at radius 2 is 1.89 bits per heavy atom. The third-order valence-electron chi connectivity index (χ3n) is 7.15. The van der Waals surface area contributed by atoms with Gasteiger partial charge in [0.15, 0.2) is 6.10 Å². The highest BCUT2D eigenvalue weighted by molar-refractivity contribution is 5.81. The monoisotopic (exact) mass is 495 g/mol. The van der Waals surface area contributed by atoms with Crippen molar-refractivity contribution in [2.45, 2.75) is 58.6 Å². The van der Waals surface area contributed by atoms with E-state index >= 15 is 0 Å². The molecule has 0 bridgehead atoms. The van der Waals surface area contributed by atoms with Crippen molar-refractivity contribution in [2.24, 2.45) is 5.92 Å². The quantitative estimate of drug-likeness (QED) is 0.563. The normalized spacial score (nSPS) is 18.7. The molecular formula is C29H38FN3O3. The zero-order valence-corrected chi connectivity index (χ0v) is 21.6. The third-order valence-corrected chi connectivity index (χ3v) is 7.15. The van der Waals surface area contributed by atoms with Crippen molar-refractivity contribution in [1.82, 2.24) is 15.1 Å². The van der Waals surface area contributed by atoms with E-state index in [1.54, 1.807) is 6.07 Å². The molecule has 4 rings (SSSR count). The van der Waals surface area contributed by atoms with Crippen molar-refractivity contribution in [3.05, 3.63) is 65.0 Å². The largest absolute Gasteiger partial charge is 0.481 e. The smallest absolute Gasteiger partial charge is 0.261 e. The second-order valence-electron chi connectivity index (χ2n) is 10.1. The molecule has 0 unspecified atom stereocenters. The Morgan fingerprint density at radius 3 is 2.58 bits per heavy atom. The fourth-order valence-corrected chi connectivity index (χ4v) is 5.22. The van der Waals surface area contributed by atoms with E-state index in [2.05, 4.69) is 10.2 Å². The van der Waals surface area contributed by atoms with Crippen molar-refractivity contribution in [2.75, 3.05) is 32.7 Å². The number of fused-ring (bicyclic) bond motifs is 1. The summed E-state index contributed by atoms with van der Waals surface area (Å²) in [7, 11) is 0. The maximum absolute atomic E-state index is 14.2. The van der Waals surface area contributed by atoms with Gasteiger partial charge in [-0.1, -0.05) is 39.0 Å². The Kier molecular flexibility index (Phi) is 8.62. The molecule has 6 nitrogen and oxygen atoms in total. The third kappa shape index (κ3) is 6.06. The number of nitrogens with one attached hydrogen (secondary N) is 1. The van der Waals surface area contributed by atoms with E-state index in [1.807, 2.05) is 49.9 Å². The van der Waals surface area contributed by atoms with Crippen LogP contribution in [-0.2, 0) is 16.0 Å². The van der Waals surface area contributed by atoms with Crippen LogP contribution in [0.25, 0.3) is 0 Å². The molecule has 0 aliphatic carbocycles. The molecule has 0 radical (unpaired) electrons. The molecule has 1 N–H and O–H groups in total. The number of nitrogens with zero attached hydrogens (tertiary/aromatic N) is 2. The van der Waals surface area contributed by atoms with Gasteiger partial charge in [-0.3, -0.25) is 9.59 Å². The number of amides is 2. The molecule has 7 heteroatoms. The standard InChI is InChI=1S/C29H38FN3O3/c1-4-26(28(34)31-13-17-32-14-5-6-15-32)36-24-11-10-21-12-16-33(29(35)20(2)3)27(25(21)19-24)22-8-7-9-23(30)18-22/h7-11,18-20,26-27H,4-6,12-17H2,1-3H3,(H,31,34)/t26-,27+/m1/s1. The van der Waals surface area contributed by atoms with Crippen LogP contribution < -0.4 is 10.1 Å². The number of benzene rings is 2.